The van der Waals surface area contributed by atoms with Crippen LogP contribution in [0.3, 0.4) is 0 Å². The summed E-state index contributed by atoms with van der Waals surface area (Å²) in [6.45, 7) is 3.12. The summed E-state index contributed by atoms with van der Waals surface area (Å²) in [4.78, 5) is 4.62. The van der Waals surface area contributed by atoms with Crippen molar-refractivity contribution in [1.82, 2.24) is 4.98 Å². The Labute approximate surface area is 124 Å². The molecule has 0 spiro atoms. The summed E-state index contributed by atoms with van der Waals surface area (Å²) in [6, 6.07) is 11.6. The van der Waals surface area contributed by atoms with Gasteiger partial charge in [-0.15, -0.1) is 0 Å². The second kappa shape index (κ2) is 6.86. The van der Waals surface area contributed by atoms with Gasteiger partial charge in [0.05, 0.1) is 12.1 Å². The third-order valence-corrected chi connectivity index (χ3v) is 3.02. The van der Waals surface area contributed by atoms with Crippen LogP contribution in [0.1, 0.15) is 11.1 Å². The average Bonchev–Trinajstić information content (AvgIpc) is 2.44. The van der Waals surface area contributed by atoms with E-state index in [2.05, 4.69) is 10.3 Å². The first-order chi connectivity index (χ1) is 9.68. The summed E-state index contributed by atoms with van der Waals surface area (Å²) >= 11 is 5.06. The van der Waals surface area contributed by atoms with Crippen LogP contribution in [0.5, 0.6) is 5.75 Å². The number of para-hydroxylation sites is 1. The van der Waals surface area contributed by atoms with Crippen molar-refractivity contribution >= 4 is 23.0 Å². The van der Waals surface area contributed by atoms with E-state index in [0.29, 0.717) is 24.0 Å². The highest BCUT2D eigenvalue weighted by Gasteiger charge is 2.09. The molecule has 0 unspecified atom stereocenters. The smallest absolute Gasteiger partial charge is 0.136 e. The molecule has 0 saturated heterocycles. The molecule has 0 fully saturated rings. The maximum Gasteiger partial charge on any atom is 0.136 e. The van der Waals surface area contributed by atoms with Crippen LogP contribution in [0.15, 0.2) is 42.6 Å². The number of thiocarbonyl (C=S) groups is 1. The molecule has 0 bridgehead atoms. The van der Waals surface area contributed by atoms with Crippen LogP contribution in [0.4, 0.5) is 5.82 Å². The number of hydrogen-bond acceptors (Lipinski definition) is 4. The van der Waals surface area contributed by atoms with Crippen molar-refractivity contribution in [2.24, 2.45) is 5.73 Å². The van der Waals surface area contributed by atoms with Gasteiger partial charge >= 0.3 is 0 Å². The largest absolute Gasteiger partial charge is 0.492 e. The van der Waals surface area contributed by atoms with Crippen LogP contribution < -0.4 is 15.8 Å². The summed E-state index contributed by atoms with van der Waals surface area (Å²) < 4.78 is 5.60. The third kappa shape index (κ3) is 3.68. The van der Waals surface area contributed by atoms with Gasteiger partial charge in [-0.05, 0) is 30.7 Å². The number of anilines is 1. The number of nitrogens with two attached hydrogens (primary N) is 1. The van der Waals surface area contributed by atoms with Crippen LogP contribution in [0.2, 0.25) is 0 Å². The maximum absolute atomic E-state index is 5.73. The first-order valence-electron chi connectivity index (χ1n) is 6.35. The fraction of sp³-hybridized carbons (Fsp3) is 0.200. The summed E-state index contributed by atoms with van der Waals surface area (Å²) in [5.41, 5.74) is 7.54. The summed E-state index contributed by atoms with van der Waals surface area (Å²) in [6.07, 6.45) is 1.73. The van der Waals surface area contributed by atoms with Gasteiger partial charge in [0.1, 0.15) is 23.2 Å². The van der Waals surface area contributed by atoms with Crippen LogP contribution in [-0.4, -0.2) is 23.1 Å². The predicted octanol–water partition coefficient (Wildman–Crippen LogP) is 2.52. The van der Waals surface area contributed by atoms with Gasteiger partial charge in [0.25, 0.3) is 0 Å². The van der Waals surface area contributed by atoms with Crippen molar-refractivity contribution in [1.29, 1.82) is 0 Å². The molecule has 0 aliphatic heterocycles. The van der Waals surface area contributed by atoms with E-state index in [9.17, 15) is 0 Å². The Morgan fingerprint density at radius 3 is 2.75 bits per heavy atom. The van der Waals surface area contributed by atoms with Gasteiger partial charge in [-0.1, -0.05) is 30.4 Å². The molecule has 1 aromatic carbocycles. The lowest BCUT2D eigenvalue weighted by molar-refractivity contribution is 0.333. The maximum atomic E-state index is 5.73. The summed E-state index contributed by atoms with van der Waals surface area (Å²) in [7, 11) is 0. The molecule has 1 heterocycles. The molecule has 0 saturated carbocycles. The predicted molar refractivity (Wildman–Crippen MR) is 85.3 cm³/mol. The van der Waals surface area contributed by atoms with Crippen LogP contribution in [0.25, 0.3) is 0 Å². The first kappa shape index (κ1) is 14.3. The zero-order valence-electron chi connectivity index (χ0n) is 11.3. The molecule has 0 aliphatic carbocycles. The lowest BCUT2D eigenvalue weighted by Gasteiger charge is -2.12. The van der Waals surface area contributed by atoms with Gasteiger partial charge in [-0.2, -0.15) is 0 Å². The third-order valence-electron chi connectivity index (χ3n) is 2.81. The van der Waals surface area contributed by atoms with Gasteiger partial charge in [0.15, 0.2) is 0 Å². The molecular formula is C15H17N3OS. The second-order valence-corrected chi connectivity index (χ2v) is 4.74. The van der Waals surface area contributed by atoms with E-state index < -0.39 is 0 Å². The number of aromatic nitrogens is 1. The van der Waals surface area contributed by atoms with E-state index in [-0.39, 0.29) is 0 Å². The highest BCUT2D eigenvalue weighted by molar-refractivity contribution is 7.80. The molecule has 0 radical (unpaired) electrons. The minimum absolute atomic E-state index is 0.349. The van der Waals surface area contributed by atoms with E-state index in [1.54, 1.807) is 6.20 Å². The monoisotopic (exact) mass is 287 g/mol. The lowest BCUT2D eigenvalue weighted by Crippen LogP contribution is -2.19. The van der Waals surface area contributed by atoms with Gasteiger partial charge in [-0.25, -0.2) is 4.98 Å². The van der Waals surface area contributed by atoms with Crippen LogP contribution >= 0.6 is 12.2 Å². The molecular weight excluding hydrogens is 270 g/mol. The SMILES string of the molecule is Cc1ccnc(NCCOc2ccccc2)c1C(N)=S. The Bertz CT molecular complexity index is 587. The zero-order valence-corrected chi connectivity index (χ0v) is 12.1. The Hall–Kier alpha value is -2.14. The zero-order chi connectivity index (χ0) is 14.4. The molecule has 1 aromatic heterocycles. The molecule has 5 heteroatoms. The highest BCUT2D eigenvalue weighted by Crippen LogP contribution is 2.16. The number of nitrogens with zero attached hydrogens (tertiary/aromatic N) is 1. The van der Waals surface area contributed by atoms with Crippen molar-refractivity contribution in [3.05, 3.63) is 53.7 Å². The summed E-state index contributed by atoms with van der Waals surface area (Å²) in [5.74, 6) is 1.55. The Morgan fingerprint density at radius 2 is 2.05 bits per heavy atom. The van der Waals surface area contributed by atoms with E-state index in [4.69, 9.17) is 22.7 Å². The average molecular weight is 287 g/mol. The molecule has 0 amide bonds. The van der Waals surface area contributed by atoms with Gasteiger partial charge in [-0.3, -0.25) is 0 Å². The molecule has 2 rings (SSSR count). The van der Waals surface area contributed by atoms with Gasteiger partial charge < -0.3 is 15.8 Å². The second-order valence-electron chi connectivity index (χ2n) is 4.30. The normalized spacial score (nSPS) is 10.1. The quantitative estimate of drug-likeness (QED) is 0.631. The fourth-order valence-electron chi connectivity index (χ4n) is 1.86. The fourth-order valence-corrected chi connectivity index (χ4v) is 2.12. The van der Waals surface area contributed by atoms with Gasteiger partial charge in [0.2, 0.25) is 0 Å². The van der Waals surface area contributed by atoms with Gasteiger partial charge in [0, 0.05) is 6.20 Å². The molecule has 2 aromatic rings. The molecule has 0 atom stereocenters. The topological polar surface area (TPSA) is 60.2 Å². The lowest BCUT2D eigenvalue weighted by atomic mass is 10.1. The molecule has 104 valence electrons. The van der Waals surface area contributed by atoms with Crippen LogP contribution in [-0.2, 0) is 0 Å². The highest BCUT2D eigenvalue weighted by atomic mass is 32.1. The van der Waals surface area contributed by atoms with E-state index in [1.165, 1.54) is 0 Å². The van der Waals surface area contributed by atoms with Crippen LogP contribution in [0, 0.1) is 6.92 Å². The number of benzene rings is 1. The molecule has 0 aliphatic rings. The molecule has 3 N–H and O–H groups in total. The van der Waals surface area contributed by atoms with Crippen molar-refractivity contribution in [2.75, 3.05) is 18.5 Å². The van der Waals surface area contributed by atoms with Crippen molar-refractivity contribution in [3.8, 4) is 5.75 Å². The number of nitrogens with one attached hydrogen (secondary N) is 1. The first-order valence-corrected chi connectivity index (χ1v) is 6.76. The number of rotatable bonds is 6. The van der Waals surface area contributed by atoms with Crippen molar-refractivity contribution in [2.45, 2.75) is 6.92 Å². The van der Waals surface area contributed by atoms with E-state index in [0.717, 1.165) is 16.9 Å². The van der Waals surface area contributed by atoms with E-state index >= 15 is 0 Å². The Kier molecular flexibility index (Phi) is 4.90. The summed E-state index contributed by atoms with van der Waals surface area (Å²) in [5, 5.41) is 3.20. The number of hydrogen-bond donors (Lipinski definition) is 2. The van der Waals surface area contributed by atoms with Crippen molar-refractivity contribution < 1.29 is 4.74 Å². The number of ether oxygens (including phenoxy) is 1. The Balaban J connectivity index is 1.92. The molecule has 20 heavy (non-hydrogen) atoms. The standard InChI is InChI=1S/C15H17N3OS/c1-11-7-8-17-15(13(11)14(16)20)18-9-10-19-12-5-3-2-4-6-12/h2-8H,9-10H2,1H3,(H2,16,20)(H,17,18). The minimum atomic E-state index is 0.349. The minimum Gasteiger partial charge on any atom is -0.492 e. The van der Waals surface area contributed by atoms with E-state index in [1.807, 2.05) is 43.3 Å². The number of pyridine rings is 1. The number of aryl methyl sites for hydroxylation is 1. The molecule has 4 nitrogen and oxygen atoms in total. The Morgan fingerprint density at radius 1 is 1.30 bits per heavy atom. The van der Waals surface area contributed by atoms with Crippen molar-refractivity contribution in [3.63, 3.8) is 0 Å².